The first kappa shape index (κ1) is 19.0. The average molecular weight is 380 g/mol. The van der Waals surface area contributed by atoms with E-state index < -0.39 is 18.0 Å². The number of ether oxygens (including phenoxy) is 1. The van der Waals surface area contributed by atoms with E-state index in [0.29, 0.717) is 10.6 Å². The summed E-state index contributed by atoms with van der Waals surface area (Å²) in [6.45, 7) is 1.09. The molecule has 0 aliphatic rings. The molecule has 2 rings (SSSR count). The number of hydrogen-bond donors (Lipinski definition) is 1. The van der Waals surface area contributed by atoms with Crippen LogP contribution in [0.2, 0.25) is 10.0 Å². The first-order valence-electron chi connectivity index (χ1n) is 7.40. The van der Waals surface area contributed by atoms with Crippen LogP contribution in [0.1, 0.15) is 27.6 Å². The zero-order chi connectivity index (χ0) is 18.4. The molecule has 1 unspecified atom stereocenters. The van der Waals surface area contributed by atoms with Crippen molar-refractivity contribution in [2.24, 2.45) is 0 Å². The average Bonchev–Trinajstić information content (AvgIpc) is 2.59. The molecule has 0 heterocycles. The maximum atomic E-state index is 12.1. The van der Waals surface area contributed by atoms with Crippen LogP contribution in [0.3, 0.4) is 0 Å². The number of carbonyl (C=O) groups excluding carboxylic acids is 3. The Morgan fingerprint density at radius 1 is 1.08 bits per heavy atom. The molecule has 2 aromatic rings. The summed E-state index contributed by atoms with van der Waals surface area (Å²) in [5.41, 5.74) is 0.632. The topological polar surface area (TPSA) is 72.5 Å². The van der Waals surface area contributed by atoms with Crippen LogP contribution in [-0.2, 0) is 9.53 Å². The molecule has 0 saturated carbocycles. The van der Waals surface area contributed by atoms with Crippen LogP contribution in [-0.4, -0.2) is 30.3 Å². The summed E-state index contributed by atoms with van der Waals surface area (Å²) in [7, 11) is 0. The summed E-state index contributed by atoms with van der Waals surface area (Å²) in [4.78, 5) is 36.0. The van der Waals surface area contributed by atoms with Gasteiger partial charge in [0.1, 0.15) is 6.54 Å². The Balaban J connectivity index is 1.88. The van der Waals surface area contributed by atoms with Gasteiger partial charge >= 0.3 is 5.97 Å². The van der Waals surface area contributed by atoms with Crippen LogP contribution in [0.15, 0.2) is 48.5 Å². The molecule has 0 aliphatic carbocycles. The molecule has 25 heavy (non-hydrogen) atoms. The van der Waals surface area contributed by atoms with Crippen molar-refractivity contribution in [1.29, 1.82) is 0 Å². The van der Waals surface area contributed by atoms with E-state index in [0.717, 1.165) is 0 Å². The number of nitrogens with one attached hydrogen (secondary N) is 1. The summed E-state index contributed by atoms with van der Waals surface area (Å²) < 4.78 is 5.04. The molecular formula is C18H15Cl2NO4. The van der Waals surface area contributed by atoms with E-state index in [4.69, 9.17) is 27.9 Å². The van der Waals surface area contributed by atoms with Gasteiger partial charge in [0.05, 0.1) is 10.6 Å². The van der Waals surface area contributed by atoms with Gasteiger partial charge < -0.3 is 10.1 Å². The molecule has 0 saturated heterocycles. The van der Waals surface area contributed by atoms with Crippen LogP contribution in [0.25, 0.3) is 0 Å². The number of benzene rings is 2. The second kappa shape index (κ2) is 8.65. The van der Waals surface area contributed by atoms with Crippen LogP contribution in [0.5, 0.6) is 0 Å². The van der Waals surface area contributed by atoms with Crippen molar-refractivity contribution in [3.05, 3.63) is 69.7 Å². The summed E-state index contributed by atoms with van der Waals surface area (Å²) in [5.74, 6) is -1.59. The second-order valence-corrected chi connectivity index (χ2v) is 6.01. The fraction of sp³-hybridized carbons (Fsp3) is 0.167. The van der Waals surface area contributed by atoms with E-state index in [1.165, 1.54) is 25.1 Å². The molecule has 0 fully saturated rings. The van der Waals surface area contributed by atoms with Crippen molar-refractivity contribution in [1.82, 2.24) is 5.32 Å². The summed E-state index contributed by atoms with van der Waals surface area (Å²) in [6.07, 6.45) is -0.953. The Hall–Kier alpha value is -2.37. The van der Waals surface area contributed by atoms with Gasteiger partial charge in [0.15, 0.2) is 6.10 Å². The van der Waals surface area contributed by atoms with Crippen LogP contribution < -0.4 is 5.32 Å². The van der Waals surface area contributed by atoms with E-state index in [9.17, 15) is 14.4 Å². The minimum Gasteiger partial charge on any atom is -0.453 e. The number of rotatable bonds is 6. The van der Waals surface area contributed by atoms with Gasteiger partial charge in [-0.05, 0) is 25.1 Å². The number of halogens is 2. The predicted octanol–water partition coefficient (Wildman–Crippen LogP) is 3.54. The smallest absolute Gasteiger partial charge is 0.326 e. The molecule has 0 spiro atoms. The zero-order valence-corrected chi connectivity index (χ0v) is 14.8. The van der Waals surface area contributed by atoms with Crippen LogP contribution in [0, 0.1) is 0 Å². The standard InChI is InChI=1S/C18H15Cl2NO4/c1-11(17(23)12-5-3-2-4-6-12)25-16(22)10-21-18(24)14-8-7-13(19)9-15(14)20/h2-9,11H,10H2,1H3,(H,21,24). The Labute approximate surface area is 154 Å². The van der Waals surface area contributed by atoms with Crippen molar-refractivity contribution in [2.75, 3.05) is 6.54 Å². The van der Waals surface area contributed by atoms with E-state index in [1.807, 2.05) is 0 Å². The number of ketones is 1. The minimum absolute atomic E-state index is 0.172. The normalized spacial score (nSPS) is 11.5. The highest BCUT2D eigenvalue weighted by Gasteiger charge is 2.20. The number of hydrogen-bond acceptors (Lipinski definition) is 4. The van der Waals surface area contributed by atoms with Crippen LogP contribution >= 0.6 is 23.2 Å². The molecule has 1 atom stereocenters. The third-order valence-corrected chi connectivity index (χ3v) is 3.85. The largest absolute Gasteiger partial charge is 0.453 e. The number of amides is 1. The van der Waals surface area contributed by atoms with Gasteiger partial charge in [-0.1, -0.05) is 53.5 Å². The highest BCUT2D eigenvalue weighted by atomic mass is 35.5. The molecule has 130 valence electrons. The Morgan fingerprint density at radius 2 is 1.76 bits per heavy atom. The van der Waals surface area contributed by atoms with E-state index in [1.54, 1.807) is 30.3 Å². The molecule has 5 nitrogen and oxygen atoms in total. The van der Waals surface area contributed by atoms with Crippen molar-refractivity contribution >= 4 is 40.9 Å². The Morgan fingerprint density at radius 3 is 2.40 bits per heavy atom. The second-order valence-electron chi connectivity index (χ2n) is 5.17. The molecule has 0 aliphatic heterocycles. The fourth-order valence-electron chi connectivity index (χ4n) is 2.05. The maximum Gasteiger partial charge on any atom is 0.326 e. The molecule has 2 aromatic carbocycles. The molecule has 1 amide bonds. The lowest BCUT2D eigenvalue weighted by atomic mass is 10.1. The Kier molecular flexibility index (Phi) is 6.56. The lowest BCUT2D eigenvalue weighted by molar-refractivity contribution is -0.145. The van der Waals surface area contributed by atoms with Crippen molar-refractivity contribution in [2.45, 2.75) is 13.0 Å². The first-order chi connectivity index (χ1) is 11.9. The van der Waals surface area contributed by atoms with Gasteiger partial charge in [-0.25, -0.2) is 0 Å². The summed E-state index contributed by atoms with van der Waals surface area (Å²) in [6, 6.07) is 12.9. The summed E-state index contributed by atoms with van der Waals surface area (Å²) in [5, 5.41) is 2.96. The van der Waals surface area contributed by atoms with Gasteiger partial charge in [-0.2, -0.15) is 0 Å². The zero-order valence-electron chi connectivity index (χ0n) is 13.3. The van der Waals surface area contributed by atoms with Crippen LogP contribution in [0.4, 0.5) is 0 Å². The Bertz CT molecular complexity index is 793. The summed E-state index contributed by atoms with van der Waals surface area (Å²) >= 11 is 11.7. The fourth-order valence-corrected chi connectivity index (χ4v) is 2.55. The minimum atomic E-state index is -0.953. The maximum absolute atomic E-state index is 12.1. The van der Waals surface area contributed by atoms with Gasteiger partial charge in [-0.15, -0.1) is 0 Å². The van der Waals surface area contributed by atoms with Crippen molar-refractivity contribution in [3.8, 4) is 0 Å². The van der Waals surface area contributed by atoms with Gasteiger partial charge in [-0.3, -0.25) is 14.4 Å². The monoisotopic (exact) mass is 379 g/mol. The molecular weight excluding hydrogens is 365 g/mol. The lowest BCUT2D eigenvalue weighted by Crippen LogP contribution is -2.34. The lowest BCUT2D eigenvalue weighted by Gasteiger charge is -2.13. The number of esters is 1. The number of carbonyl (C=O) groups is 3. The van der Waals surface area contributed by atoms with Gasteiger partial charge in [0.25, 0.3) is 5.91 Å². The third-order valence-electron chi connectivity index (χ3n) is 3.30. The predicted molar refractivity (Wildman–Crippen MR) is 95.1 cm³/mol. The molecule has 7 heteroatoms. The molecule has 0 radical (unpaired) electrons. The molecule has 0 bridgehead atoms. The van der Waals surface area contributed by atoms with E-state index in [-0.39, 0.29) is 22.9 Å². The highest BCUT2D eigenvalue weighted by molar-refractivity contribution is 6.36. The highest BCUT2D eigenvalue weighted by Crippen LogP contribution is 2.20. The van der Waals surface area contributed by atoms with E-state index >= 15 is 0 Å². The van der Waals surface area contributed by atoms with E-state index in [2.05, 4.69) is 5.32 Å². The van der Waals surface area contributed by atoms with Gasteiger partial charge in [0, 0.05) is 10.6 Å². The quantitative estimate of drug-likeness (QED) is 0.615. The molecule has 0 aromatic heterocycles. The SMILES string of the molecule is CC(OC(=O)CNC(=O)c1ccc(Cl)cc1Cl)C(=O)c1ccccc1. The van der Waals surface area contributed by atoms with Crippen molar-refractivity contribution < 1.29 is 19.1 Å². The van der Waals surface area contributed by atoms with Crippen molar-refractivity contribution in [3.63, 3.8) is 0 Å². The van der Waals surface area contributed by atoms with Gasteiger partial charge in [0.2, 0.25) is 5.78 Å². The number of Topliss-reactive ketones (excluding diaryl/α,β-unsaturated/α-hetero) is 1. The molecule has 1 N–H and O–H groups in total. The third kappa shape index (κ3) is 5.31. The first-order valence-corrected chi connectivity index (χ1v) is 8.16.